The molecule has 0 fully saturated rings. The molecule has 2 aromatic carbocycles. The van der Waals surface area contributed by atoms with E-state index in [1.54, 1.807) is 13.0 Å². The maximum absolute atomic E-state index is 13.3. The molecule has 2 aromatic rings. The predicted octanol–water partition coefficient (Wildman–Crippen LogP) is 2.95. The Morgan fingerprint density at radius 1 is 1.21 bits per heavy atom. The molecule has 0 unspecified atom stereocenters. The zero-order chi connectivity index (χ0) is 20.7. The highest BCUT2D eigenvalue weighted by Crippen LogP contribution is 2.24. The summed E-state index contributed by atoms with van der Waals surface area (Å²) in [6, 6.07) is 9.33. The molecular formula is C19H19FN2O6. The second-order valence-electron chi connectivity index (χ2n) is 5.76. The molecule has 0 atom stereocenters. The second-order valence-corrected chi connectivity index (χ2v) is 5.76. The Balaban J connectivity index is 2.05. The van der Waals surface area contributed by atoms with Crippen LogP contribution in [0.3, 0.4) is 0 Å². The quantitative estimate of drug-likeness (QED) is 0.390. The zero-order valence-corrected chi connectivity index (χ0v) is 15.4. The fraction of sp³-hybridized carbons (Fsp3) is 0.263. The number of nitro benzene ring substituents is 1. The number of amides is 1. The summed E-state index contributed by atoms with van der Waals surface area (Å²) in [6.45, 7) is 1.66. The van der Waals surface area contributed by atoms with Crippen LogP contribution in [-0.2, 0) is 16.1 Å². The Morgan fingerprint density at radius 2 is 1.96 bits per heavy atom. The lowest BCUT2D eigenvalue weighted by Gasteiger charge is -2.21. The lowest BCUT2D eigenvalue weighted by Crippen LogP contribution is -2.34. The van der Waals surface area contributed by atoms with E-state index in [2.05, 4.69) is 0 Å². The van der Waals surface area contributed by atoms with Gasteiger partial charge in [-0.25, -0.2) is 9.18 Å². The summed E-state index contributed by atoms with van der Waals surface area (Å²) >= 11 is 0. The molecule has 9 heteroatoms. The molecule has 0 aromatic heterocycles. The third-order valence-electron chi connectivity index (χ3n) is 3.94. The van der Waals surface area contributed by atoms with E-state index in [0.717, 1.165) is 6.07 Å². The van der Waals surface area contributed by atoms with Gasteiger partial charge in [0, 0.05) is 25.2 Å². The minimum Gasteiger partial charge on any atom is -0.496 e. The minimum atomic E-state index is -0.921. The molecule has 148 valence electrons. The predicted molar refractivity (Wildman–Crippen MR) is 97.4 cm³/mol. The second kappa shape index (κ2) is 9.45. The molecule has 8 nitrogen and oxygen atoms in total. The van der Waals surface area contributed by atoms with Gasteiger partial charge in [-0.1, -0.05) is 12.1 Å². The highest BCUT2D eigenvalue weighted by Gasteiger charge is 2.21. The first-order valence-electron chi connectivity index (χ1n) is 8.37. The van der Waals surface area contributed by atoms with E-state index in [0.29, 0.717) is 12.1 Å². The highest BCUT2D eigenvalue weighted by molar-refractivity contribution is 5.94. The molecule has 1 amide bonds. The summed E-state index contributed by atoms with van der Waals surface area (Å²) in [7, 11) is 1.31. The maximum atomic E-state index is 13.3. The van der Waals surface area contributed by atoms with Crippen LogP contribution in [0.5, 0.6) is 5.75 Å². The molecule has 0 aliphatic rings. The third kappa shape index (κ3) is 5.26. The van der Waals surface area contributed by atoms with Crippen LogP contribution in [0, 0.1) is 15.9 Å². The number of rotatable bonds is 8. The van der Waals surface area contributed by atoms with Crippen molar-refractivity contribution in [1.29, 1.82) is 0 Å². The molecule has 0 saturated carbocycles. The summed E-state index contributed by atoms with van der Waals surface area (Å²) in [5.74, 6) is -1.72. The van der Waals surface area contributed by atoms with Crippen LogP contribution < -0.4 is 4.74 Å². The van der Waals surface area contributed by atoms with Gasteiger partial charge in [0.05, 0.1) is 12.0 Å². The number of ether oxygens (including phenoxy) is 2. The van der Waals surface area contributed by atoms with Crippen LogP contribution in [0.2, 0.25) is 0 Å². The standard InChI is InChI=1S/C19H19FN2O6/c1-3-21(11-13-5-4-6-14(20)9-13)18(23)12-28-19(24)16-10-15(22(25)26)7-8-17(16)27-2/h4-10H,3,11-12H2,1-2H3. The van der Waals surface area contributed by atoms with Crippen LogP contribution in [0.25, 0.3) is 0 Å². The van der Waals surface area contributed by atoms with E-state index >= 15 is 0 Å². The molecule has 28 heavy (non-hydrogen) atoms. The average Bonchev–Trinajstić information content (AvgIpc) is 2.69. The van der Waals surface area contributed by atoms with E-state index in [1.807, 2.05) is 0 Å². The summed E-state index contributed by atoms with van der Waals surface area (Å²) in [5.41, 5.74) is 0.139. The van der Waals surface area contributed by atoms with Gasteiger partial charge in [-0.05, 0) is 30.7 Å². The van der Waals surface area contributed by atoms with Crippen molar-refractivity contribution in [2.75, 3.05) is 20.3 Å². The van der Waals surface area contributed by atoms with Crippen molar-refractivity contribution in [2.45, 2.75) is 13.5 Å². The first-order chi connectivity index (χ1) is 13.3. The van der Waals surface area contributed by atoms with Gasteiger partial charge in [-0.3, -0.25) is 14.9 Å². The molecule has 0 spiro atoms. The Hall–Kier alpha value is -3.49. The van der Waals surface area contributed by atoms with E-state index in [1.165, 1.54) is 42.3 Å². The smallest absolute Gasteiger partial charge is 0.342 e. The number of esters is 1. The van der Waals surface area contributed by atoms with Crippen molar-refractivity contribution in [3.63, 3.8) is 0 Å². The molecule has 0 bridgehead atoms. The van der Waals surface area contributed by atoms with E-state index in [4.69, 9.17) is 9.47 Å². The zero-order valence-electron chi connectivity index (χ0n) is 15.4. The fourth-order valence-electron chi connectivity index (χ4n) is 2.50. The van der Waals surface area contributed by atoms with E-state index < -0.39 is 29.2 Å². The summed E-state index contributed by atoms with van der Waals surface area (Å²) in [4.78, 5) is 36.3. The molecule has 0 radical (unpaired) electrons. The number of benzene rings is 2. The highest BCUT2D eigenvalue weighted by atomic mass is 19.1. The number of non-ortho nitro benzene ring substituents is 1. The maximum Gasteiger partial charge on any atom is 0.342 e. The molecule has 0 saturated heterocycles. The SMILES string of the molecule is CCN(Cc1cccc(F)c1)C(=O)COC(=O)c1cc([N+](=O)[O-])ccc1OC. The normalized spacial score (nSPS) is 10.2. The number of hydrogen-bond acceptors (Lipinski definition) is 6. The van der Waals surface area contributed by atoms with Crippen LogP contribution in [0.4, 0.5) is 10.1 Å². The molecule has 0 aliphatic heterocycles. The first kappa shape index (κ1) is 20.8. The van der Waals surface area contributed by atoms with Gasteiger partial charge >= 0.3 is 5.97 Å². The molecule has 2 rings (SSSR count). The van der Waals surface area contributed by atoms with Gasteiger partial charge in [-0.15, -0.1) is 0 Å². The van der Waals surface area contributed by atoms with Crippen molar-refractivity contribution >= 4 is 17.6 Å². The Morgan fingerprint density at radius 3 is 2.57 bits per heavy atom. The molecule has 0 aliphatic carbocycles. The number of carbonyl (C=O) groups is 2. The molecular weight excluding hydrogens is 371 g/mol. The number of carbonyl (C=O) groups excluding carboxylic acids is 2. The van der Waals surface area contributed by atoms with Crippen LogP contribution in [0.15, 0.2) is 42.5 Å². The lowest BCUT2D eigenvalue weighted by molar-refractivity contribution is -0.384. The van der Waals surface area contributed by atoms with Crippen molar-refractivity contribution in [3.8, 4) is 5.75 Å². The monoisotopic (exact) mass is 390 g/mol. The summed E-state index contributed by atoms with van der Waals surface area (Å²) in [6.07, 6.45) is 0. The summed E-state index contributed by atoms with van der Waals surface area (Å²) < 4.78 is 23.3. The van der Waals surface area contributed by atoms with E-state index in [9.17, 15) is 24.1 Å². The van der Waals surface area contributed by atoms with Crippen molar-refractivity contribution in [1.82, 2.24) is 4.90 Å². The number of hydrogen-bond donors (Lipinski definition) is 0. The average molecular weight is 390 g/mol. The van der Waals surface area contributed by atoms with Crippen molar-refractivity contribution < 1.29 is 28.4 Å². The van der Waals surface area contributed by atoms with Gasteiger partial charge in [-0.2, -0.15) is 0 Å². The number of methoxy groups -OCH3 is 1. The van der Waals surface area contributed by atoms with Gasteiger partial charge in [0.25, 0.3) is 11.6 Å². The lowest BCUT2D eigenvalue weighted by atomic mass is 10.2. The van der Waals surface area contributed by atoms with Gasteiger partial charge < -0.3 is 14.4 Å². The molecule has 0 heterocycles. The number of halogens is 1. The Labute approximate surface area is 160 Å². The Kier molecular flexibility index (Phi) is 7.02. The number of nitro groups is 1. The van der Waals surface area contributed by atoms with Gasteiger partial charge in [0.1, 0.15) is 17.1 Å². The largest absolute Gasteiger partial charge is 0.496 e. The van der Waals surface area contributed by atoms with Crippen LogP contribution in [-0.4, -0.2) is 42.0 Å². The number of nitrogens with zero attached hydrogens (tertiary/aromatic N) is 2. The van der Waals surface area contributed by atoms with Gasteiger partial charge in [0.15, 0.2) is 6.61 Å². The fourth-order valence-corrected chi connectivity index (χ4v) is 2.50. The van der Waals surface area contributed by atoms with Crippen LogP contribution in [0.1, 0.15) is 22.8 Å². The van der Waals surface area contributed by atoms with Crippen LogP contribution >= 0.6 is 0 Å². The third-order valence-corrected chi connectivity index (χ3v) is 3.94. The topological polar surface area (TPSA) is 99.0 Å². The minimum absolute atomic E-state index is 0.0927. The summed E-state index contributed by atoms with van der Waals surface area (Å²) in [5, 5.41) is 10.9. The van der Waals surface area contributed by atoms with Crippen molar-refractivity contribution in [2.24, 2.45) is 0 Å². The van der Waals surface area contributed by atoms with E-state index in [-0.39, 0.29) is 23.5 Å². The Bertz CT molecular complexity index is 886. The van der Waals surface area contributed by atoms with Crippen molar-refractivity contribution in [3.05, 3.63) is 69.5 Å². The molecule has 0 N–H and O–H groups in total. The number of likely N-dealkylation sites (N-methyl/N-ethyl adjacent to an activating group) is 1. The van der Waals surface area contributed by atoms with Gasteiger partial charge in [0.2, 0.25) is 0 Å². The first-order valence-corrected chi connectivity index (χ1v) is 8.37.